The lowest BCUT2D eigenvalue weighted by atomic mass is 9.79. The van der Waals surface area contributed by atoms with E-state index in [-0.39, 0.29) is 5.78 Å². The SMILES string of the molecule is CC1(C)OB(c2cnc3c(c2)C(=O)CCO3)OC1(C)C. The van der Waals surface area contributed by atoms with Crippen LogP contribution in [-0.4, -0.2) is 35.7 Å². The average molecular weight is 275 g/mol. The van der Waals surface area contributed by atoms with Gasteiger partial charge in [-0.25, -0.2) is 4.98 Å². The highest BCUT2D eigenvalue weighted by atomic mass is 16.7. The summed E-state index contributed by atoms with van der Waals surface area (Å²) < 4.78 is 17.3. The summed E-state index contributed by atoms with van der Waals surface area (Å²) in [6, 6.07) is 1.77. The molecule has 0 amide bonds. The van der Waals surface area contributed by atoms with Gasteiger partial charge in [0.25, 0.3) is 0 Å². The van der Waals surface area contributed by atoms with E-state index in [1.807, 2.05) is 27.7 Å². The van der Waals surface area contributed by atoms with Crippen LogP contribution in [0.15, 0.2) is 12.3 Å². The minimum atomic E-state index is -0.507. The molecule has 5 nitrogen and oxygen atoms in total. The molecule has 0 aliphatic carbocycles. The Labute approximate surface area is 118 Å². The van der Waals surface area contributed by atoms with E-state index in [4.69, 9.17) is 14.0 Å². The van der Waals surface area contributed by atoms with Crippen molar-refractivity contribution in [2.75, 3.05) is 6.61 Å². The maximum Gasteiger partial charge on any atom is 0.496 e. The Morgan fingerprint density at radius 3 is 2.50 bits per heavy atom. The van der Waals surface area contributed by atoms with Gasteiger partial charge >= 0.3 is 7.12 Å². The third-order valence-electron chi connectivity index (χ3n) is 4.27. The van der Waals surface area contributed by atoms with Crippen molar-refractivity contribution in [2.24, 2.45) is 0 Å². The molecular weight excluding hydrogens is 257 g/mol. The second-order valence-electron chi connectivity index (χ2n) is 6.23. The van der Waals surface area contributed by atoms with Crippen molar-refractivity contribution in [3.63, 3.8) is 0 Å². The second kappa shape index (κ2) is 4.30. The van der Waals surface area contributed by atoms with Crippen LogP contribution in [0, 0.1) is 0 Å². The molecule has 0 aromatic carbocycles. The summed E-state index contributed by atoms with van der Waals surface area (Å²) in [4.78, 5) is 16.1. The van der Waals surface area contributed by atoms with Gasteiger partial charge in [-0.2, -0.15) is 0 Å². The Morgan fingerprint density at radius 1 is 1.20 bits per heavy atom. The fourth-order valence-corrected chi connectivity index (χ4v) is 2.27. The van der Waals surface area contributed by atoms with E-state index in [0.717, 1.165) is 5.46 Å². The fourth-order valence-electron chi connectivity index (χ4n) is 2.27. The van der Waals surface area contributed by atoms with E-state index in [1.165, 1.54) is 0 Å². The first-order chi connectivity index (χ1) is 9.30. The molecule has 2 aliphatic rings. The van der Waals surface area contributed by atoms with Crippen molar-refractivity contribution in [3.8, 4) is 5.88 Å². The van der Waals surface area contributed by atoms with Crippen LogP contribution in [0.25, 0.3) is 0 Å². The molecule has 0 radical (unpaired) electrons. The summed E-state index contributed by atoms with van der Waals surface area (Å²) in [7, 11) is -0.507. The standard InChI is InChI=1S/C14H18BNO4/c1-13(2)14(3,4)20-15(19-13)9-7-10-11(17)5-6-18-12(10)16-8-9/h7-8H,5-6H2,1-4H3. The van der Waals surface area contributed by atoms with Crippen LogP contribution in [0.4, 0.5) is 0 Å². The summed E-state index contributed by atoms with van der Waals surface area (Å²) in [5.74, 6) is 0.457. The number of hydrogen-bond donors (Lipinski definition) is 0. The van der Waals surface area contributed by atoms with Gasteiger partial charge in [-0.15, -0.1) is 0 Å². The summed E-state index contributed by atoms with van der Waals surface area (Å²) in [5.41, 5.74) is 0.451. The lowest BCUT2D eigenvalue weighted by Crippen LogP contribution is -2.41. The second-order valence-corrected chi connectivity index (χ2v) is 6.23. The Balaban J connectivity index is 1.93. The van der Waals surface area contributed by atoms with Crippen LogP contribution in [-0.2, 0) is 9.31 Å². The Bertz CT molecular complexity index is 554. The van der Waals surface area contributed by atoms with Gasteiger partial charge in [0.05, 0.1) is 23.4 Å². The molecule has 0 unspecified atom stereocenters. The molecule has 0 saturated carbocycles. The summed E-state index contributed by atoms with van der Waals surface area (Å²) >= 11 is 0. The molecule has 20 heavy (non-hydrogen) atoms. The molecule has 2 aliphatic heterocycles. The zero-order chi connectivity index (χ0) is 14.5. The summed E-state index contributed by atoms with van der Waals surface area (Å²) in [6.07, 6.45) is 2.04. The van der Waals surface area contributed by atoms with E-state index in [2.05, 4.69) is 4.98 Å². The largest absolute Gasteiger partial charge is 0.496 e. The quantitative estimate of drug-likeness (QED) is 0.724. The van der Waals surface area contributed by atoms with Crippen molar-refractivity contribution in [1.29, 1.82) is 0 Å². The maximum atomic E-state index is 11.9. The molecule has 0 atom stereocenters. The van der Waals surface area contributed by atoms with E-state index in [0.29, 0.717) is 24.5 Å². The van der Waals surface area contributed by atoms with Gasteiger partial charge in [0.15, 0.2) is 5.78 Å². The number of rotatable bonds is 1. The first kappa shape index (κ1) is 13.6. The lowest BCUT2D eigenvalue weighted by molar-refractivity contribution is 0.00578. The molecule has 3 rings (SSSR count). The van der Waals surface area contributed by atoms with Crippen molar-refractivity contribution in [1.82, 2.24) is 4.98 Å². The molecule has 3 heterocycles. The highest BCUT2D eigenvalue weighted by Crippen LogP contribution is 2.36. The predicted molar refractivity (Wildman–Crippen MR) is 74.4 cm³/mol. The molecule has 6 heteroatoms. The average Bonchev–Trinajstić information content (AvgIpc) is 2.59. The topological polar surface area (TPSA) is 57.7 Å². The molecular formula is C14H18BNO4. The van der Waals surface area contributed by atoms with Crippen molar-refractivity contribution in [2.45, 2.75) is 45.3 Å². The number of pyridine rings is 1. The van der Waals surface area contributed by atoms with Gasteiger partial charge in [-0.1, -0.05) is 0 Å². The first-order valence-electron chi connectivity index (χ1n) is 6.82. The molecule has 0 N–H and O–H groups in total. The van der Waals surface area contributed by atoms with Gasteiger partial charge in [-0.05, 0) is 33.8 Å². The number of carbonyl (C=O) groups is 1. The molecule has 1 saturated heterocycles. The van der Waals surface area contributed by atoms with E-state index >= 15 is 0 Å². The molecule has 1 aromatic heterocycles. The fraction of sp³-hybridized carbons (Fsp3) is 0.571. The van der Waals surface area contributed by atoms with E-state index in [9.17, 15) is 4.79 Å². The summed E-state index contributed by atoms with van der Waals surface area (Å²) in [6.45, 7) is 8.37. The number of ketones is 1. The number of Topliss-reactive ketones (excluding diaryl/α,β-unsaturated/α-hetero) is 1. The zero-order valence-corrected chi connectivity index (χ0v) is 12.2. The number of aromatic nitrogens is 1. The minimum Gasteiger partial charge on any atom is -0.477 e. The lowest BCUT2D eigenvalue weighted by Gasteiger charge is -2.32. The van der Waals surface area contributed by atoms with Crippen LogP contribution in [0.1, 0.15) is 44.5 Å². The Kier molecular flexibility index (Phi) is 2.92. The van der Waals surface area contributed by atoms with E-state index in [1.54, 1.807) is 12.3 Å². The highest BCUT2D eigenvalue weighted by Gasteiger charge is 2.52. The molecule has 0 bridgehead atoms. The number of carbonyl (C=O) groups excluding carboxylic acids is 1. The van der Waals surface area contributed by atoms with E-state index < -0.39 is 18.3 Å². The highest BCUT2D eigenvalue weighted by molar-refractivity contribution is 6.62. The number of fused-ring (bicyclic) bond motifs is 1. The third kappa shape index (κ3) is 2.03. The number of ether oxygens (including phenoxy) is 1. The normalized spacial score (nSPS) is 23.4. The van der Waals surface area contributed by atoms with Crippen LogP contribution >= 0.6 is 0 Å². The number of nitrogens with zero attached hydrogens (tertiary/aromatic N) is 1. The first-order valence-corrected chi connectivity index (χ1v) is 6.82. The Hall–Kier alpha value is -1.40. The Morgan fingerprint density at radius 2 is 1.85 bits per heavy atom. The third-order valence-corrected chi connectivity index (χ3v) is 4.27. The molecule has 0 spiro atoms. The van der Waals surface area contributed by atoms with Crippen LogP contribution in [0.2, 0.25) is 0 Å². The molecule has 1 aromatic rings. The number of hydrogen-bond acceptors (Lipinski definition) is 5. The molecule has 106 valence electrons. The monoisotopic (exact) mass is 275 g/mol. The smallest absolute Gasteiger partial charge is 0.477 e. The minimum absolute atomic E-state index is 0.0529. The van der Waals surface area contributed by atoms with Crippen molar-refractivity contribution in [3.05, 3.63) is 17.8 Å². The molecule has 1 fully saturated rings. The zero-order valence-electron chi connectivity index (χ0n) is 12.2. The van der Waals surface area contributed by atoms with Gasteiger partial charge in [0.2, 0.25) is 5.88 Å². The van der Waals surface area contributed by atoms with Crippen molar-refractivity contribution < 1.29 is 18.8 Å². The predicted octanol–water partition coefficient (Wildman–Crippen LogP) is 1.35. The summed E-state index contributed by atoms with van der Waals surface area (Å²) in [5, 5.41) is 0. The van der Waals surface area contributed by atoms with Gasteiger partial charge < -0.3 is 14.0 Å². The van der Waals surface area contributed by atoms with Crippen molar-refractivity contribution >= 4 is 18.4 Å². The van der Waals surface area contributed by atoms with Crippen LogP contribution in [0.3, 0.4) is 0 Å². The van der Waals surface area contributed by atoms with Crippen LogP contribution < -0.4 is 10.2 Å². The van der Waals surface area contributed by atoms with Gasteiger partial charge in [-0.3, -0.25) is 4.79 Å². The van der Waals surface area contributed by atoms with Crippen LogP contribution in [0.5, 0.6) is 5.88 Å². The van der Waals surface area contributed by atoms with Gasteiger partial charge in [0, 0.05) is 18.1 Å². The maximum absolute atomic E-state index is 11.9. The van der Waals surface area contributed by atoms with Gasteiger partial charge in [0.1, 0.15) is 0 Å².